The van der Waals surface area contributed by atoms with Crippen LogP contribution in [-0.2, 0) is 28.5 Å². The highest BCUT2D eigenvalue weighted by Gasteiger charge is 2.79. The first kappa shape index (κ1) is 21.7. The van der Waals surface area contributed by atoms with Crippen LogP contribution in [-0.4, -0.2) is 54.9 Å². The Morgan fingerprint density at radius 1 is 1.00 bits per heavy atom. The summed E-state index contributed by atoms with van der Waals surface area (Å²) in [6.45, 7) is 3.67. The molecule has 4 saturated carbocycles. The topological polar surface area (TPSA) is 91.3 Å². The zero-order chi connectivity index (χ0) is 22.2. The average Bonchev–Trinajstić information content (AvgIpc) is 3.19. The number of carbonyl (C=O) groups is 2. The summed E-state index contributed by atoms with van der Waals surface area (Å²) in [7, 11) is 3.15. The van der Waals surface area contributed by atoms with E-state index in [2.05, 4.69) is 6.92 Å². The first-order chi connectivity index (χ1) is 14.7. The van der Waals surface area contributed by atoms with Crippen molar-refractivity contribution in [1.82, 2.24) is 0 Å². The van der Waals surface area contributed by atoms with E-state index in [9.17, 15) is 14.7 Å². The largest absolute Gasteiger partial charge is 0.469 e. The van der Waals surface area contributed by atoms with E-state index >= 15 is 0 Å². The van der Waals surface area contributed by atoms with Gasteiger partial charge in [-0.15, -0.1) is 0 Å². The number of rotatable bonds is 3. The van der Waals surface area contributed by atoms with Crippen molar-refractivity contribution in [3.05, 3.63) is 0 Å². The quantitative estimate of drug-likeness (QED) is 0.680. The zero-order valence-corrected chi connectivity index (χ0v) is 19.1. The molecule has 9 atom stereocenters. The maximum absolute atomic E-state index is 12.6. The maximum atomic E-state index is 12.6. The highest BCUT2D eigenvalue weighted by molar-refractivity contribution is 5.74. The Kier molecular flexibility index (Phi) is 4.83. The van der Waals surface area contributed by atoms with E-state index in [1.165, 1.54) is 14.0 Å². The van der Waals surface area contributed by atoms with Crippen molar-refractivity contribution < 1.29 is 33.6 Å². The summed E-state index contributed by atoms with van der Waals surface area (Å²) in [5.74, 6) is -0.0782. The number of methoxy groups -OCH3 is 2. The molecule has 0 aromatic heterocycles. The van der Waals surface area contributed by atoms with Gasteiger partial charge in [0.15, 0.2) is 6.29 Å². The third-order valence-electron chi connectivity index (χ3n) is 10.1. The molecule has 1 heterocycles. The minimum atomic E-state index is -0.981. The van der Waals surface area contributed by atoms with Crippen LogP contribution in [0, 0.1) is 28.6 Å². The van der Waals surface area contributed by atoms with Gasteiger partial charge in [-0.05, 0) is 62.7 Å². The predicted molar refractivity (Wildman–Crippen MR) is 110 cm³/mol. The van der Waals surface area contributed by atoms with E-state index in [4.69, 9.17) is 18.9 Å². The van der Waals surface area contributed by atoms with Crippen molar-refractivity contribution in [3.8, 4) is 0 Å². The molecule has 1 aliphatic heterocycles. The summed E-state index contributed by atoms with van der Waals surface area (Å²) in [4.78, 5) is 24.2. The molecule has 0 aromatic rings. The smallest absolute Gasteiger partial charge is 0.309 e. The Morgan fingerprint density at radius 3 is 2.45 bits per heavy atom. The third-order valence-corrected chi connectivity index (χ3v) is 10.1. The first-order valence-corrected chi connectivity index (χ1v) is 11.8. The number of aliphatic hydroxyl groups is 1. The molecule has 5 rings (SSSR count). The second-order valence-electron chi connectivity index (χ2n) is 11.0. The fraction of sp³-hybridized carbons (Fsp3) is 0.917. The van der Waals surface area contributed by atoms with Crippen LogP contribution in [0.5, 0.6) is 0 Å². The number of hydrogen-bond donors (Lipinski definition) is 1. The standard InChI is InChI=1S/C24H36O7/c1-14(25)30-15-7-10-23-18-8-9-21(2)16(19(26)28-3)5-6-17(21)24(18,31-20(23)29-4)12-11-22(23,27)13-15/h15-18,20,27H,5-13H2,1-4H3. The Morgan fingerprint density at radius 2 is 1.77 bits per heavy atom. The molecule has 2 bridgehead atoms. The number of ether oxygens (including phenoxy) is 4. The summed E-state index contributed by atoms with van der Waals surface area (Å²) in [5, 5.41) is 12.0. The van der Waals surface area contributed by atoms with Gasteiger partial charge >= 0.3 is 11.9 Å². The fourth-order valence-electron chi connectivity index (χ4n) is 9.06. The summed E-state index contributed by atoms with van der Waals surface area (Å²) in [5.41, 5.74) is -2.01. The van der Waals surface area contributed by atoms with E-state index in [-0.39, 0.29) is 46.8 Å². The molecule has 5 aliphatic rings. The molecule has 0 aromatic carbocycles. The van der Waals surface area contributed by atoms with Crippen molar-refractivity contribution in [3.63, 3.8) is 0 Å². The first-order valence-electron chi connectivity index (χ1n) is 11.8. The average molecular weight is 437 g/mol. The van der Waals surface area contributed by atoms with Crippen LogP contribution in [0.15, 0.2) is 0 Å². The van der Waals surface area contributed by atoms with Gasteiger partial charge in [-0.1, -0.05) is 6.92 Å². The fourth-order valence-corrected chi connectivity index (χ4v) is 9.06. The Bertz CT molecular complexity index is 784. The number of esters is 2. The number of fused-ring (bicyclic) bond motifs is 1. The minimum absolute atomic E-state index is 0.0977. The zero-order valence-electron chi connectivity index (χ0n) is 19.1. The Labute approximate surface area is 184 Å². The second-order valence-corrected chi connectivity index (χ2v) is 11.0. The lowest BCUT2D eigenvalue weighted by atomic mass is 9.42. The highest BCUT2D eigenvalue weighted by atomic mass is 16.7. The van der Waals surface area contributed by atoms with Gasteiger partial charge in [-0.3, -0.25) is 9.59 Å². The molecule has 7 nitrogen and oxygen atoms in total. The van der Waals surface area contributed by atoms with Crippen LogP contribution in [0.25, 0.3) is 0 Å². The lowest BCUT2D eigenvalue weighted by Crippen LogP contribution is -2.67. The van der Waals surface area contributed by atoms with Gasteiger partial charge in [-0.2, -0.15) is 0 Å². The lowest BCUT2D eigenvalue weighted by Gasteiger charge is -2.63. The van der Waals surface area contributed by atoms with Gasteiger partial charge in [0.1, 0.15) is 6.10 Å². The molecule has 0 radical (unpaired) electrons. The maximum Gasteiger partial charge on any atom is 0.309 e. The third kappa shape index (κ3) is 2.57. The molecular formula is C24H36O7. The molecule has 1 spiro atoms. The van der Waals surface area contributed by atoms with Crippen LogP contribution in [0.3, 0.4) is 0 Å². The highest BCUT2D eigenvalue weighted by Crippen LogP contribution is 2.75. The predicted octanol–water partition coefficient (Wildman–Crippen LogP) is 2.97. The van der Waals surface area contributed by atoms with Gasteiger partial charge in [-0.25, -0.2) is 0 Å². The van der Waals surface area contributed by atoms with Crippen LogP contribution >= 0.6 is 0 Å². The molecular weight excluding hydrogens is 400 g/mol. The van der Waals surface area contributed by atoms with E-state index in [1.54, 1.807) is 7.11 Å². The molecule has 7 heteroatoms. The van der Waals surface area contributed by atoms with Gasteiger partial charge < -0.3 is 24.1 Å². The van der Waals surface area contributed by atoms with Crippen LogP contribution in [0.4, 0.5) is 0 Å². The summed E-state index contributed by atoms with van der Waals surface area (Å²) < 4.78 is 23.5. The molecule has 9 unspecified atom stereocenters. The van der Waals surface area contributed by atoms with Crippen molar-refractivity contribution in [2.75, 3.05) is 14.2 Å². The Hall–Kier alpha value is -1.18. The van der Waals surface area contributed by atoms with E-state index < -0.39 is 17.3 Å². The summed E-state index contributed by atoms with van der Waals surface area (Å²) >= 11 is 0. The SMILES string of the molecule is COC(=O)C1CCC2C1(C)CCC1C23CCC2(O)CC(OC(C)=O)CCC12C(OC)O3. The lowest BCUT2D eigenvalue weighted by molar-refractivity contribution is -0.241. The van der Waals surface area contributed by atoms with Gasteiger partial charge in [0.2, 0.25) is 0 Å². The summed E-state index contributed by atoms with van der Waals surface area (Å²) in [6, 6.07) is 0. The van der Waals surface area contributed by atoms with E-state index in [1.807, 2.05) is 0 Å². The van der Waals surface area contributed by atoms with E-state index in [0.29, 0.717) is 19.3 Å². The summed E-state index contributed by atoms with van der Waals surface area (Å²) in [6.07, 6.45) is 6.08. The molecule has 174 valence electrons. The van der Waals surface area contributed by atoms with Gasteiger partial charge in [0.05, 0.1) is 29.6 Å². The van der Waals surface area contributed by atoms with Gasteiger partial charge in [0, 0.05) is 26.4 Å². The van der Waals surface area contributed by atoms with Crippen LogP contribution in [0.2, 0.25) is 0 Å². The molecule has 1 N–H and O–H groups in total. The molecule has 5 fully saturated rings. The monoisotopic (exact) mass is 436 g/mol. The molecule has 1 saturated heterocycles. The molecule has 0 amide bonds. The van der Waals surface area contributed by atoms with Crippen LogP contribution in [0.1, 0.15) is 71.6 Å². The number of hydrogen-bond acceptors (Lipinski definition) is 7. The molecule has 4 aliphatic carbocycles. The Balaban J connectivity index is 1.53. The number of carbonyl (C=O) groups excluding carboxylic acids is 2. The van der Waals surface area contributed by atoms with Gasteiger partial charge in [0.25, 0.3) is 0 Å². The van der Waals surface area contributed by atoms with Crippen molar-refractivity contribution in [2.45, 2.75) is 95.2 Å². The normalized spacial score (nSPS) is 52.6. The van der Waals surface area contributed by atoms with Crippen molar-refractivity contribution >= 4 is 11.9 Å². The van der Waals surface area contributed by atoms with Crippen molar-refractivity contribution in [2.24, 2.45) is 28.6 Å². The molecule has 31 heavy (non-hydrogen) atoms. The second kappa shape index (κ2) is 6.91. The minimum Gasteiger partial charge on any atom is -0.469 e. The van der Waals surface area contributed by atoms with E-state index in [0.717, 1.165) is 38.5 Å². The van der Waals surface area contributed by atoms with Crippen molar-refractivity contribution in [1.29, 1.82) is 0 Å². The van der Waals surface area contributed by atoms with Crippen LogP contribution < -0.4 is 0 Å².